The maximum Gasteiger partial charge on any atom is 0.155 e. The average Bonchev–Trinajstić information content (AvgIpc) is 2.93. The molecule has 0 radical (unpaired) electrons. The summed E-state index contributed by atoms with van der Waals surface area (Å²) >= 11 is 0. The molecule has 3 rings (SSSR count). The standard InChI is InChI=1S/C16H27N3O2/c1-12(20)16-17-15(14-7-9-21-10-8-14)18-19(16)11-13-5-3-2-4-6-13/h12-14,20H,2-11H2,1H3/t12-/m0/s1. The SMILES string of the molecule is C[C@H](O)c1nc(C2CCOCC2)nn1CC1CCCCC1. The van der Waals surface area contributed by atoms with Crippen LogP contribution in [0, 0.1) is 5.92 Å². The Morgan fingerprint density at radius 3 is 2.57 bits per heavy atom. The van der Waals surface area contributed by atoms with Crippen molar-refractivity contribution in [3.05, 3.63) is 11.6 Å². The third-order valence-corrected chi connectivity index (χ3v) is 4.83. The first-order chi connectivity index (χ1) is 10.2. The summed E-state index contributed by atoms with van der Waals surface area (Å²) in [5, 5.41) is 14.7. The van der Waals surface area contributed by atoms with Crippen molar-refractivity contribution in [3.63, 3.8) is 0 Å². The molecule has 0 spiro atoms. The smallest absolute Gasteiger partial charge is 0.155 e. The fraction of sp³-hybridized carbons (Fsp3) is 0.875. The number of rotatable bonds is 4. The fourth-order valence-corrected chi connectivity index (χ4v) is 3.56. The normalized spacial score (nSPS) is 23.3. The second-order valence-corrected chi connectivity index (χ2v) is 6.58. The summed E-state index contributed by atoms with van der Waals surface area (Å²) < 4.78 is 7.39. The molecule has 0 amide bonds. The van der Waals surface area contributed by atoms with Gasteiger partial charge in [0.05, 0.1) is 0 Å². The Morgan fingerprint density at radius 2 is 1.90 bits per heavy atom. The summed E-state index contributed by atoms with van der Waals surface area (Å²) in [6, 6.07) is 0. The Balaban J connectivity index is 1.75. The summed E-state index contributed by atoms with van der Waals surface area (Å²) in [4.78, 5) is 4.65. The van der Waals surface area contributed by atoms with Crippen molar-refractivity contribution in [2.45, 2.75) is 70.4 Å². The summed E-state index contributed by atoms with van der Waals surface area (Å²) in [6.45, 7) is 4.29. The number of nitrogens with zero attached hydrogens (tertiary/aromatic N) is 3. The van der Waals surface area contributed by atoms with Gasteiger partial charge in [-0.05, 0) is 38.5 Å². The molecule has 2 heterocycles. The molecule has 0 bridgehead atoms. The maximum absolute atomic E-state index is 10.00. The maximum atomic E-state index is 10.00. The zero-order valence-corrected chi connectivity index (χ0v) is 13.0. The van der Waals surface area contributed by atoms with E-state index in [2.05, 4.69) is 4.98 Å². The van der Waals surface area contributed by atoms with Crippen molar-refractivity contribution in [3.8, 4) is 0 Å². The van der Waals surface area contributed by atoms with Gasteiger partial charge in [0.2, 0.25) is 0 Å². The number of hydrogen-bond acceptors (Lipinski definition) is 4. The van der Waals surface area contributed by atoms with Gasteiger partial charge in [0, 0.05) is 25.7 Å². The Hall–Kier alpha value is -0.940. The van der Waals surface area contributed by atoms with Gasteiger partial charge in [-0.2, -0.15) is 5.10 Å². The van der Waals surface area contributed by atoms with Crippen LogP contribution < -0.4 is 0 Å². The molecule has 21 heavy (non-hydrogen) atoms. The summed E-state index contributed by atoms with van der Waals surface area (Å²) in [6.07, 6.45) is 8.03. The number of hydrogen-bond donors (Lipinski definition) is 1. The molecule has 2 fully saturated rings. The van der Waals surface area contributed by atoms with E-state index in [1.165, 1.54) is 32.1 Å². The Morgan fingerprint density at radius 1 is 1.19 bits per heavy atom. The van der Waals surface area contributed by atoms with E-state index in [0.717, 1.165) is 44.2 Å². The molecule has 1 N–H and O–H groups in total. The molecule has 1 aromatic rings. The van der Waals surface area contributed by atoms with Crippen LogP contribution in [-0.4, -0.2) is 33.1 Å². The van der Waals surface area contributed by atoms with Crippen LogP contribution in [0.25, 0.3) is 0 Å². The van der Waals surface area contributed by atoms with Crippen LogP contribution in [0.3, 0.4) is 0 Å². The second-order valence-electron chi connectivity index (χ2n) is 6.58. The average molecular weight is 293 g/mol. The minimum Gasteiger partial charge on any atom is -0.385 e. The lowest BCUT2D eigenvalue weighted by Crippen LogP contribution is -2.18. The molecule has 5 heteroatoms. The predicted molar refractivity (Wildman–Crippen MR) is 80.0 cm³/mol. The molecule has 0 aromatic carbocycles. The summed E-state index contributed by atoms with van der Waals surface area (Å²) in [7, 11) is 0. The van der Waals surface area contributed by atoms with Gasteiger partial charge in [0.25, 0.3) is 0 Å². The van der Waals surface area contributed by atoms with Gasteiger partial charge in [0.1, 0.15) is 6.10 Å². The van der Waals surface area contributed by atoms with Crippen LogP contribution >= 0.6 is 0 Å². The molecule has 1 saturated heterocycles. The summed E-state index contributed by atoms with van der Waals surface area (Å²) in [5.41, 5.74) is 0. The zero-order valence-electron chi connectivity index (χ0n) is 13.0. The molecule has 1 aliphatic carbocycles. The molecular formula is C16H27N3O2. The van der Waals surface area contributed by atoms with Crippen molar-refractivity contribution in [1.82, 2.24) is 14.8 Å². The first-order valence-corrected chi connectivity index (χ1v) is 8.44. The molecule has 1 aromatic heterocycles. The van der Waals surface area contributed by atoms with Crippen LogP contribution in [0.1, 0.15) is 75.5 Å². The molecule has 0 unspecified atom stereocenters. The highest BCUT2D eigenvalue weighted by Crippen LogP contribution is 2.28. The number of ether oxygens (including phenoxy) is 1. The molecule has 1 aliphatic heterocycles. The van der Waals surface area contributed by atoms with Crippen molar-refractivity contribution in [2.24, 2.45) is 5.92 Å². The van der Waals surface area contributed by atoms with Crippen molar-refractivity contribution in [1.29, 1.82) is 0 Å². The molecule has 1 atom stereocenters. The van der Waals surface area contributed by atoms with Gasteiger partial charge >= 0.3 is 0 Å². The summed E-state index contributed by atoms with van der Waals surface area (Å²) in [5.74, 6) is 2.73. The second kappa shape index (κ2) is 6.88. The quantitative estimate of drug-likeness (QED) is 0.927. The van der Waals surface area contributed by atoms with Gasteiger partial charge < -0.3 is 9.84 Å². The van der Waals surface area contributed by atoms with Crippen LogP contribution in [0.5, 0.6) is 0 Å². The minimum absolute atomic E-state index is 0.392. The first-order valence-electron chi connectivity index (χ1n) is 8.44. The highest BCUT2D eigenvalue weighted by atomic mass is 16.5. The van der Waals surface area contributed by atoms with E-state index >= 15 is 0 Å². The Labute approximate surface area is 126 Å². The zero-order chi connectivity index (χ0) is 14.7. The van der Waals surface area contributed by atoms with Crippen molar-refractivity contribution in [2.75, 3.05) is 13.2 Å². The molecular weight excluding hydrogens is 266 g/mol. The lowest BCUT2D eigenvalue weighted by atomic mass is 9.89. The van der Waals surface area contributed by atoms with Gasteiger partial charge in [-0.15, -0.1) is 0 Å². The Bertz CT molecular complexity index is 446. The van der Waals surface area contributed by atoms with E-state index in [1.807, 2.05) is 4.68 Å². The van der Waals surface area contributed by atoms with Crippen LogP contribution in [-0.2, 0) is 11.3 Å². The highest BCUT2D eigenvalue weighted by molar-refractivity contribution is 5.02. The first kappa shape index (κ1) is 15.0. The third-order valence-electron chi connectivity index (χ3n) is 4.83. The van der Waals surface area contributed by atoms with E-state index in [-0.39, 0.29) is 0 Å². The molecule has 2 aliphatic rings. The van der Waals surface area contributed by atoms with E-state index in [4.69, 9.17) is 9.84 Å². The van der Waals surface area contributed by atoms with E-state index in [1.54, 1.807) is 6.92 Å². The van der Waals surface area contributed by atoms with Gasteiger partial charge in [-0.3, -0.25) is 0 Å². The number of aliphatic hydroxyl groups excluding tert-OH is 1. The van der Waals surface area contributed by atoms with E-state index in [0.29, 0.717) is 11.8 Å². The highest BCUT2D eigenvalue weighted by Gasteiger charge is 2.25. The Kier molecular flexibility index (Phi) is 4.91. The van der Waals surface area contributed by atoms with Crippen molar-refractivity contribution >= 4 is 0 Å². The lowest BCUT2D eigenvalue weighted by molar-refractivity contribution is 0.0835. The molecule has 5 nitrogen and oxygen atoms in total. The van der Waals surface area contributed by atoms with E-state index < -0.39 is 6.10 Å². The fourth-order valence-electron chi connectivity index (χ4n) is 3.56. The van der Waals surface area contributed by atoms with Gasteiger partial charge in [0.15, 0.2) is 11.6 Å². The molecule has 1 saturated carbocycles. The van der Waals surface area contributed by atoms with E-state index in [9.17, 15) is 5.11 Å². The van der Waals surface area contributed by atoms with Crippen LogP contribution in [0.15, 0.2) is 0 Å². The molecule has 118 valence electrons. The van der Waals surface area contributed by atoms with Gasteiger partial charge in [-0.25, -0.2) is 9.67 Å². The minimum atomic E-state index is -0.547. The largest absolute Gasteiger partial charge is 0.385 e. The van der Waals surface area contributed by atoms with Crippen LogP contribution in [0.2, 0.25) is 0 Å². The van der Waals surface area contributed by atoms with Crippen molar-refractivity contribution < 1.29 is 9.84 Å². The lowest BCUT2D eigenvalue weighted by Gasteiger charge is -2.22. The number of aromatic nitrogens is 3. The third kappa shape index (κ3) is 3.64. The predicted octanol–water partition coefficient (Wildman–Crippen LogP) is 2.81. The number of aliphatic hydroxyl groups is 1. The topological polar surface area (TPSA) is 60.2 Å². The van der Waals surface area contributed by atoms with Gasteiger partial charge in [-0.1, -0.05) is 19.3 Å². The monoisotopic (exact) mass is 293 g/mol. The van der Waals surface area contributed by atoms with Crippen LogP contribution in [0.4, 0.5) is 0 Å².